The molecule has 0 bridgehead atoms. The molecule has 1 N–H and O–H groups in total. The van der Waals surface area contributed by atoms with E-state index in [1.54, 1.807) is 24.0 Å². The average Bonchev–Trinajstić information content (AvgIpc) is 3.34. The third kappa shape index (κ3) is 8.06. The van der Waals surface area contributed by atoms with Crippen molar-refractivity contribution >= 4 is 43.5 Å². The number of amides is 2. The molecule has 2 aromatic rings. The van der Waals surface area contributed by atoms with E-state index in [9.17, 15) is 18.0 Å². The molecule has 196 valence electrons. The number of nitrogens with zero attached hydrogens (tertiary/aromatic N) is 2. The summed E-state index contributed by atoms with van der Waals surface area (Å²) in [6, 6.07) is 14.5. The van der Waals surface area contributed by atoms with Gasteiger partial charge in [-0.05, 0) is 62.9 Å². The highest BCUT2D eigenvalue weighted by atomic mass is 79.9. The van der Waals surface area contributed by atoms with Gasteiger partial charge in [0.25, 0.3) is 0 Å². The van der Waals surface area contributed by atoms with E-state index in [1.165, 1.54) is 10.6 Å². The van der Waals surface area contributed by atoms with Gasteiger partial charge in [0.1, 0.15) is 6.04 Å². The number of benzene rings is 2. The molecule has 1 aliphatic carbocycles. The number of rotatable bonds is 11. The fraction of sp³-hybridized carbons (Fsp3) is 0.481. The van der Waals surface area contributed by atoms with E-state index in [2.05, 4.69) is 21.2 Å². The second-order valence-electron chi connectivity index (χ2n) is 9.59. The monoisotopic (exact) mass is 577 g/mol. The van der Waals surface area contributed by atoms with Crippen molar-refractivity contribution in [2.45, 2.75) is 71.0 Å². The number of halogens is 1. The molecule has 36 heavy (non-hydrogen) atoms. The van der Waals surface area contributed by atoms with Crippen molar-refractivity contribution < 1.29 is 18.0 Å². The smallest absolute Gasteiger partial charge is 0.242 e. The van der Waals surface area contributed by atoms with E-state index in [-0.39, 0.29) is 30.8 Å². The molecule has 0 heterocycles. The van der Waals surface area contributed by atoms with Crippen LogP contribution in [0.3, 0.4) is 0 Å². The van der Waals surface area contributed by atoms with Gasteiger partial charge in [0.05, 0.1) is 11.9 Å². The highest BCUT2D eigenvalue weighted by Gasteiger charge is 2.28. The Kier molecular flexibility index (Phi) is 9.96. The normalized spacial score (nSPS) is 14.9. The van der Waals surface area contributed by atoms with Gasteiger partial charge in [-0.1, -0.05) is 58.6 Å². The summed E-state index contributed by atoms with van der Waals surface area (Å²) in [6.07, 6.45) is 5.81. The zero-order chi connectivity index (χ0) is 26.3. The van der Waals surface area contributed by atoms with Crippen LogP contribution in [0.1, 0.15) is 56.6 Å². The molecule has 1 fully saturated rings. The molecule has 0 saturated heterocycles. The third-order valence-electron chi connectivity index (χ3n) is 6.61. The van der Waals surface area contributed by atoms with E-state index < -0.39 is 16.1 Å². The topological polar surface area (TPSA) is 86.8 Å². The summed E-state index contributed by atoms with van der Waals surface area (Å²) in [5, 5.41) is 3.10. The Morgan fingerprint density at radius 3 is 2.25 bits per heavy atom. The molecule has 1 aliphatic rings. The van der Waals surface area contributed by atoms with Crippen LogP contribution < -0.4 is 9.62 Å². The molecule has 9 heteroatoms. The van der Waals surface area contributed by atoms with Crippen LogP contribution in [-0.4, -0.2) is 50.0 Å². The fourth-order valence-electron chi connectivity index (χ4n) is 4.48. The molecule has 1 saturated carbocycles. The van der Waals surface area contributed by atoms with Gasteiger partial charge in [0.15, 0.2) is 0 Å². The van der Waals surface area contributed by atoms with Crippen LogP contribution in [0, 0.1) is 6.92 Å². The predicted molar refractivity (Wildman–Crippen MR) is 147 cm³/mol. The lowest BCUT2D eigenvalue weighted by Crippen LogP contribution is -2.49. The Morgan fingerprint density at radius 2 is 1.67 bits per heavy atom. The summed E-state index contributed by atoms with van der Waals surface area (Å²) < 4.78 is 27.1. The largest absolute Gasteiger partial charge is 0.352 e. The summed E-state index contributed by atoms with van der Waals surface area (Å²) >= 11 is 3.43. The number of carbonyl (C=O) groups is 2. The van der Waals surface area contributed by atoms with E-state index in [4.69, 9.17) is 0 Å². The molecule has 0 spiro atoms. The van der Waals surface area contributed by atoms with Crippen LogP contribution in [0.5, 0.6) is 0 Å². The van der Waals surface area contributed by atoms with Gasteiger partial charge < -0.3 is 10.2 Å². The van der Waals surface area contributed by atoms with Crippen LogP contribution in [0.2, 0.25) is 0 Å². The predicted octanol–water partition coefficient (Wildman–Crippen LogP) is 4.78. The van der Waals surface area contributed by atoms with Crippen molar-refractivity contribution in [2.75, 3.05) is 17.1 Å². The van der Waals surface area contributed by atoms with Crippen LogP contribution >= 0.6 is 15.9 Å². The Hall–Kier alpha value is -2.39. The van der Waals surface area contributed by atoms with Crippen LogP contribution in [-0.2, 0) is 26.2 Å². The third-order valence-corrected chi connectivity index (χ3v) is 8.33. The number of hydrogen-bond acceptors (Lipinski definition) is 4. The van der Waals surface area contributed by atoms with Crippen molar-refractivity contribution in [3.63, 3.8) is 0 Å². The standard InChI is InChI=1S/C27H36BrN3O4S/c1-20-10-16-25(17-11-20)31(36(3,34)35)18-6-9-26(32)30(19-22-12-14-23(28)15-13-22)21(2)27(33)29-24-7-4-5-8-24/h10-17,21,24H,4-9,18-19H2,1-3H3,(H,29,33)/t21-/m1/s1. The minimum Gasteiger partial charge on any atom is -0.352 e. The summed E-state index contributed by atoms with van der Waals surface area (Å²) in [7, 11) is -3.50. The summed E-state index contributed by atoms with van der Waals surface area (Å²) in [4.78, 5) is 28.0. The SMILES string of the molecule is Cc1ccc(N(CCCC(=O)N(Cc2ccc(Br)cc2)[C@H](C)C(=O)NC2CCCC2)S(C)(=O)=O)cc1. The zero-order valence-corrected chi connectivity index (χ0v) is 23.6. The van der Waals surface area contributed by atoms with Gasteiger partial charge in [-0.3, -0.25) is 13.9 Å². The number of sulfonamides is 1. The first-order chi connectivity index (χ1) is 17.0. The Morgan fingerprint density at radius 1 is 1.06 bits per heavy atom. The number of carbonyl (C=O) groups excluding carboxylic acids is 2. The van der Waals surface area contributed by atoms with Gasteiger partial charge in [-0.2, -0.15) is 0 Å². The lowest BCUT2D eigenvalue weighted by atomic mass is 10.1. The highest BCUT2D eigenvalue weighted by molar-refractivity contribution is 9.10. The average molecular weight is 579 g/mol. The maximum Gasteiger partial charge on any atom is 0.242 e. The summed E-state index contributed by atoms with van der Waals surface area (Å²) in [5.41, 5.74) is 2.53. The molecular weight excluding hydrogens is 542 g/mol. The first-order valence-corrected chi connectivity index (χ1v) is 15.1. The second kappa shape index (κ2) is 12.7. The molecule has 2 amide bonds. The van der Waals surface area contributed by atoms with Crippen molar-refractivity contribution in [3.8, 4) is 0 Å². The lowest BCUT2D eigenvalue weighted by molar-refractivity contribution is -0.141. The first kappa shape index (κ1) is 28.2. The Balaban J connectivity index is 1.70. The van der Waals surface area contributed by atoms with Gasteiger partial charge >= 0.3 is 0 Å². The van der Waals surface area contributed by atoms with E-state index in [1.807, 2.05) is 43.3 Å². The van der Waals surface area contributed by atoms with Crippen LogP contribution in [0.25, 0.3) is 0 Å². The molecular formula is C27H36BrN3O4S. The van der Waals surface area contributed by atoms with Gasteiger partial charge in [0.2, 0.25) is 21.8 Å². The quantitative estimate of drug-likeness (QED) is 0.416. The number of anilines is 1. The van der Waals surface area contributed by atoms with E-state index in [0.29, 0.717) is 18.7 Å². The van der Waals surface area contributed by atoms with Crippen molar-refractivity contribution in [1.29, 1.82) is 0 Å². The maximum absolute atomic E-state index is 13.4. The minimum atomic E-state index is -3.50. The van der Waals surface area contributed by atoms with Crippen LogP contribution in [0.4, 0.5) is 5.69 Å². The summed E-state index contributed by atoms with van der Waals surface area (Å²) in [5.74, 6) is -0.325. The zero-order valence-electron chi connectivity index (χ0n) is 21.2. The Labute approximate surface area is 223 Å². The van der Waals surface area contributed by atoms with Gasteiger partial charge in [0, 0.05) is 30.0 Å². The maximum atomic E-state index is 13.4. The molecule has 0 aromatic heterocycles. The number of hydrogen-bond donors (Lipinski definition) is 1. The highest BCUT2D eigenvalue weighted by Crippen LogP contribution is 2.21. The first-order valence-electron chi connectivity index (χ1n) is 12.4. The van der Waals surface area contributed by atoms with Gasteiger partial charge in [-0.25, -0.2) is 8.42 Å². The molecule has 1 atom stereocenters. The van der Waals surface area contributed by atoms with Gasteiger partial charge in [-0.15, -0.1) is 0 Å². The molecule has 0 unspecified atom stereocenters. The van der Waals surface area contributed by atoms with E-state index in [0.717, 1.165) is 41.3 Å². The van der Waals surface area contributed by atoms with Crippen LogP contribution in [0.15, 0.2) is 53.0 Å². The molecule has 7 nitrogen and oxygen atoms in total. The molecule has 2 aromatic carbocycles. The van der Waals surface area contributed by atoms with E-state index >= 15 is 0 Å². The second-order valence-corrected chi connectivity index (χ2v) is 12.4. The summed E-state index contributed by atoms with van der Waals surface area (Å²) in [6.45, 7) is 4.19. The van der Waals surface area contributed by atoms with Crippen molar-refractivity contribution in [3.05, 3.63) is 64.1 Å². The Bertz CT molecular complexity index is 1130. The lowest BCUT2D eigenvalue weighted by Gasteiger charge is -2.30. The fourth-order valence-corrected chi connectivity index (χ4v) is 5.71. The van der Waals surface area contributed by atoms with Crippen molar-refractivity contribution in [2.24, 2.45) is 0 Å². The molecule has 0 radical (unpaired) electrons. The molecule has 0 aliphatic heterocycles. The number of nitrogens with one attached hydrogen (secondary N) is 1. The number of aryl methyl sites for hydroxylation is 1. The van der Waals surface area contributed by atoms with Crippen molar-refractivity contribution in [1.82, 2.24) is 10.2 Å². The molecule has 3 rings (SSSR count). The minimum absolute atomic E-state index is 0.134.